The average Bonchev–Trinajstić information content (AvgIpc) is 3.02. The second kappa shape index (κ2) is 13.0. The van der Waals surface area contributed by atoms with Gasteiger partial charge in [-0.1, -0.05) is 72.8 Å². The summed E-state index contributed by atoms with van der Waals surface area (Å²) in [5, 5.41) is 2.23. The van der Waals surface area contributed by atoms with Crippen LogP contribution in [0.1, 0.15) is 79.5 Å². The number of fused-ring (bicyclic) bond motifs is 2. The molecule has 1 unspecified atom stereocenters. The molecule has 0 bridgehead atoms. The summed E-state index contributed by atoms with van der Waals surface area (Å²) in [6.45, 7) is 8.13. The second-order valence-corrected chi connectivity index (χ2v) is 12.2. The summed E-state index contributed by atoms with van der Waals surface area (Å²) in [6, 6.07) is 27.7. The molecule has 1 aliphatic heterocycles. The van der Waals surface area contributed by atoms with Gasteiger partial charge in [0.2, 0.25) is 0 Å². The maximum Gasteiger partial charge on any atom is 0.410 e. The molecule has 4 aromatic carbocycles. The van der Waals surface area contributed by atoms with E-state index in [1.807, 2.05) is 74.2 Å². The van der Waals surface area contributed by atoms with Crippen molar-refractivity contribution in [2.75, 3.05) is 20.8 Å². The smallest absolute Gasteiger partial charge is 0.410 e. The van der Waals surface area contributed by atoms with Gasteiger partial charge in [0.15, 0.2) is 0 Å². The van der Waals surface area contributed by atoms with Crippen molar-refractivity contribution in [2.45, 2.75) is 64.2 Å². The van der Waals surface area contributed by atoms with Crippen molar-refractivity contribution in [1.82, 2.24) is 4.90 Å². The van der Waals surface area contributed by atoms with Crippen molar-refractivity contribution in [3.05, 3.63) is 107 Å². The monoisotopic (exact) mass is 595 g/mol. The van der Waals surface area contributed by atoms with Crippen LogP contribution in [0.15, 0.2) is 84.9 Å². The minimum Gasteiger partial charge on any atom is -0.496 e. The Kier molecular flexibility index (Phi) is 9.14. The molecule has 1 amide bonds. The van der Waals surface area contributed by atoms with Gasteiger partial charge in [-0.3, -0.25) is 0 Å². The van der Waals surface area contributed by atoms with Crippen LogP contribution in [0.3, 0.4) is 0 Å². The summed E-state index contributed by atoms with van der Waals surface area (Å²) in [5.41, 5.74) is 2.72. The third-order valence-corrected chi connectivity index (χ3v) is 8.18. The van der Waals surface area contributed by atoms with E-state index in [0.717, 1.165) is 33.2 Å². The summed E-state index contributed by atoms with van der Waals surface area (Å²) in [7, 11) is 2.94. The maximum atomic E-state index is 13.7. The molecule has 0 spiro atoms. The van der Waals surface area contributed by atoms with Gasteiger partial charge >= 0.3 is 12.1 Å². The summed E-state index contributed by atoms with van der Waals surface area (Å²) < 4.78 is 23.2. The maximum absolute atomic E-state index is 13.7. The lowest BCUT2D eigenvalue weighted by Crippen LogP contribution is -2.41. The molecular weight excluding hydrogens is 554 g/mol. The van der Waals surface area contributed by atoms with Crippen LogP contribution in [0.5, 0.6) is 11.5 Å². The second-order valence-electron chi connectivity index (χ2n) is 12.2. The highest BCUT2D eigenvalue weighted by atomic mass is 16.6. The summed E-state index contributed by atoms with van der Waals surface area (Å²) in [4.78, 5) is 28.1. The molecule has 0 aliphatic carbocycles. The summed E-state index contributed by atoms with van der Waals surface area (Å²) >= 11 is 0. The van der Waals surface area contributed by atoms with Crippen LogP contribution in [0.25, 0.3) is 10.8 Å². The zero-order valence-corrected chi connectivity index (χ0v) is 26.3. The Morgan fingerprint density at radius 3 is 2.34 bits per heavy atom. The Bertz CT molecular complexity index is 1640. The van der Waals surface area contributed by atoms with Crippen LogP contribution in [-0.2, 0) is 9.47 Å². The molecule has 44 heavy (non-hydrogen) atoms. The first kappa shape index (κ1) is 30.9. The number of carbonyl (C=O) groups is 2. The van der Waals surface area contributed by atoms with Gasteiger partial charge in [-0.25, -0.2) is 9.59 Å². The number of ether oxygens (including phenoxy) is 4. The fraction of sp³-hybridized carbons (Fsp3) is 0.351. The molecule has 5 rings (SSSR count). The van der Waals surface area contributed by atoms with Gasteiger partial charge in [-0.2, -0.15) is 0 Å². The number of methoxy groups -OCH3 is 2. The van der Waals surface area contributed by atoms with Crippen LogP contribution in [0, 0.1) is 0 Å². The highest BCUT2D eigenvalue weighted by Crippen LogP contribution is 2.45. The third kappa shape index (κ3) is 6.52. The molecule has 0 N–H and O–H groups in total. The Hall–Kier alpha value is -4.52. The molecule has 0 radical (unpaired) electrons. The molecule has 0 saturated heterocycles. The van der Waals surface area contributed by atoms with Crippen molar-refractivity contribution < 1.29 is 28.5 Å². The zero-order chi connectivity index (χ0) is 31.4. The standard InChI is InChI=1S/C37H41NO6/c1-24(27-17-11-14-25-13-7-8-15-28(25)27)38(36(40)44-37(2,3)4)22-21-26-23-32(29-16-9-10-20-33(29)43-26)30-18-12-19-31(34(30)41-5)35(39)42-6/h7-20,24,26,32H,21-23H2,1-6H3/t24-,26+,32?/m1/s1. The Morgan fingerprint density at radius 2 is 1.59 bits per heavy atom. The molecule has 0 saturated carbocycles. The normalized spacial score (nSPS) is 16.8. The van der Waals surface area contributed by atoms with Gasteiger partial charge in [0.1, 0.15) is 28.8 Å². The van der Waals surface area contributed by atoms with Crippen molar-refractivity contribution >= 4 is 22.8 Å². The van der Waals surface area contributed by atoms with Crippen LogP contribution in [-0.4, -0.2) is 49.4 Å². The molecule has 230 valence electrons. The largest absolute Gasteiger partial charge is 0.496 e. The van der Waals surface area contributed by atoms with Gasteiger partial charge in [0.25, 0.3) is 0 Å². The molecule has 0 aromatic heterocycles. The molecule has 7 heteroatoms. The van der Waals surface area contributed by atoms with E-state index in [2.05, 4.69) is 37.3 Å². The van der Waals surface area contributed by atoms with Gasteiger partial charge in [-0.15, -0.1) is 0 Å². The van der Waals surface area contributed by atoms with Gasteiger partial charge in [0, 0.05) is 30.0 Å². The topological polar surface area (TPSA) is 74.3 Å². The van der Waals surface area contributed by atoms with Gasteiger partial charge < -0.3 is 23.8 Å². The number of esters is 1. The first-order chi connectivity index (χ1) is 21.1. The molecule has 0 fully saturated rings. The predicted molar refractivity (Wildman–Crippen MR) is 172 cm³/mol. The highest BCUT2D eigenvalue weighted by Gasteiger charge is 2.34. The molecule has 1 aliphatic rings. The molecule has 1 heterocycles. The van der Waals surface area contributed by atoms with E-state index >= 15 is 0 Å². The number of rotatable bonds is 8. The minimum atomic E-state index is -0.639. The Labute approximate surface area is 259 Å². The van der Waals surface area contributed by atoms with Crippen molar-refractivity contribution in [3.63, 3.8) is 0 Å². The zero-order valence-electron chi connectivity index (χ0n) is 26.3. The van der Waals surface area contributed by atoms with E-state index in [4.69, 9.17) is 18.9 Å². The van der Waals surface area contributed by atoms with E-state index in [1.165, 1.54) is 7.11 Å². The Balaban J connectivity index is 1.46. The number of carbonyl (C=O) groups excluding carboxylic acids is 2. The number of benzene rings is 4. The van der Waals surface area contributed by atoms with Gasteiger partial charge in [-0.05, 0) is 62.6 Å². The third-order valence-electron chi connectivity index (χ3n) is 8.18. The first-order valence-electron chi connectivity index (χ1n) is 15.1. The number of hydrogen-bond donors (Lipinski definition) is 0. The van der Waals surface area contributed by atoms with Gasteiger partial charge in [0.05, 0.1) is 20.3 Å². The predicted octanol–water partition coefficient (Wildman–Crippen LogP) is 8.31. The van der Waals surface area contributed by atoms with Crippen molar-refractivity contribution in [2.24, 2.45) is 0 Å². The highest BCUT2D eigenvalue weighted by molar-refractivity contribution is 5.93. The lowest BCUT2D eigenvalue weighted by Gasteiger charge is -2.36. The van der Waals surface area contributed by atoms with E-state index < -0.39 is 11.6 Å². The average molecular weight is 596 g/mol. The van der Waals surface area contributed by atoms with Crippen molar-refractivity contribution in [3.8, 4) is 11.5 Å². The van der Waals surface area contributed by atoms with E-state index in [-0.39, 0.29) is 24.2 Å². The molecule has 4 aromatic rings. The quantitative estimate of drug-likeness (QED) is 0.191. The number of nitrogens with zero attached hydrogens (tertiary/aromatic N) is 1. The van der Waals surface area contributed by atoms with E-state index in [1.54, 1.807) is 13.2 Å². The fourth-order valence-electron chi connectivity index (χ4n) is 6.12. The van der Waals surface area contributed by atoms with Crippen LogP contribution in [0.2, 0.25) is 0 Å². The van der Waals surface area contributed by atoms with E-state index in [9.17, 15) is 9.59 Å². The summed E-state index contributed by atoms with van der Waals surface area (Å²) in [5.74, 6) is 0.746. The number of amides is 1. The van der Waals surface area contributed by atoms with Crippen LogP contribution < -0.4 is 9.47 Å². The van der Waals surface area contributed by atoms with Crippen molar-refractivity contribution in [1.29, 1.82) is 0 Å². The van der Waals surface area contributed by atoms with Crippen LogP contribution >= 0.6 is 0 Å². The molecule has 7 nitrogen and oxygen atoms in total. The lowest BCUT2D eigenvalue weighted by molar-refractivity contribution is 0.0141. The van der Waals surface area contributed by atoms with Crippen LogP contribution in [0.4, 0.5) is 4.79 Å². The minimum absolute atomic E-state index is 0.0880. The van der Waals surface area contributed by atoms with E-state index in [0.29, 0.717) is 30.7 Å². The lowest BCUT2D eigenvalue weighted by atomic mass is 9.82. The fourth-order valence-corrected chi connectivity index (χ4v) is 6.12. The Morgan fingerprint density at radius 1 is 0.909 bits per heavy atom. The number of para-hydroxylation sites is 2. The molecular formula is C37H41NO6. The summed E-state index contributed by atoms with van der Waals surface area (Å²) in [6.07, 6.45) is 0.658. The molecule has 3 atom stereocenters. The first-order valence-corrected chi connectivity index (χ1v) is 15.1. The SMILES string of the molecule is COC(=O)c1cccc(C2C[C@H](CCN(C(=O)OC(C)(C)C)[C@H](C)c3cccc4ccccc34)Oc3ccccc32)c1OC. The number of hydrogen-bond acceptors (Lipinski definition) is 6.